The van der Waals surface area contributed by atoms with Crippen LogP contribution in [-0.2, 0) is 15.1 Å². The lowest BCUT2D eigenvalue weighted by Gasteiger charge is -2.04. The van der Waals surface area contributed by atoms with Crippen LogP contribution in [0.5, 0.6) is 5.75 Å². The van der Waals surface area contributed by atoms with Crippen LogP contribution in [0.15, 0.2) is 30.3 Å². The largest absolute Gasteiger partial charge is 0.546 e. The maximum atomic E-state index is 10.2. The van der Waals surface area contributed by atoms with E-state index >= 15 is 0 Å². The van der Waals surface area contributed by atoms with Gasteiger partial charge in [-0.3, -0.25) is 0 Å². The molecule has 0 saturated carbocycles. The third-order valence-electron chi connectivity index (χ3n) is 0.915. The van der Waals surface area contributed by atoms with Crippen molar-refractivity contribution in [3.05, 3.63) is 30.3 Å². The van der Waals surface area contributed by atoms with Crippen LogP contribution in [0.4, 0.5) is 0 Å². The lowest BCUT2D eigenvalue weighted by atomic mass is 10.3. The number of nitrogens with one attached hydrogen (secondary N) is 1. The van der Waals surface area contributed by atoms with Gasteiger partial charge in [-0.15, -0.1) is 0 Å². The molecular weight excluding hydrogens is 174 g/mol. The predicted octanol–water partition coefficient (Wildman–Crippen LogP) is 2.73. The quantitative estimate of drug-likeness (QED) is 0.722. The van der Waals surface area contributed by atoms with Crippen molar-refractivity contribution in [3.63, 3.8) is 0 Å². The van der Waals surface area contributed by atoms with Crippen LogP contribution in [0, 0.1) is 4.78 Å². The highest BCUT2D eigenvalue weighted by atomic mass is 32.2. The molecule has 12 heavy (non-hydrogen) atoms. The second-order valence-electron chi connectivity index (χ2n) is 1.63. The van der Waals surface area contributed by atoms with Gasteiger partial charge in [0.25, 0.3) is 0 Å². The van der Waals surface area contributed by atoms with Crippen molar-refractivity contribution in [2.24, 2.45) is 0 Å². The smallest absolute Gasteiger partial charge is 0.100 e. The molecular formula is C8H12NO2S-. The molecule has 4 heteroatoms. The summed E-state index contributed by atoms with van der Waals surface area (Å²) in [6.07, 6.45) is 0. The molecule has 0 unspecified atom stereocenters. The van der Waals surface area contributed by atoms with Gasteiger partial charge in [0, 0.05) is 0 Å². The molecule has 0 aliphatic heterocycles. The lowest BCUT2D eigenvalue weighted by molar-refractivity contribution is 0.526. The monoisotopic (exact) mass is 186 g/mol. The summed E-state index contributed by atoms with van der Waals surface area (Å²) in [6.45, 7) is 4.00. The van der Waals surface area contributed by atoms with Gasteiger partial charge in [-0.25, -0.2) is 0 Å². The van der Waals surface area contributed by atoms with E-state index in [1.165, 1.54) is 0 Å². The Hall–Kier alpha value is -1.03. The highest BCUT2D eigenvalue weighted by molar-refractivity contribution is 7.68. The molecule has 0 atom stereocenters. The molecule has 3 nitrogen and oxygen atoms in total. The van der Waals surface area contributed by atoms with Gasteiger partial charge in [0.1, 0.15) is 5.75 Å². The summed E-state index contributed by atoms with van der Waals surface area (Å²) in [5.74, 6) is 0.454. The van der Waals surface area contributed by atoms with Gasteiger partial charge in [-0.1, -0.05) is 32.0 Å². The predicted molar refractivity (Wildman–Crippen MR) is 49.2 cm³/mol. The van der Waals surface area contributed by atoms with Gasteiger partial charge in [0.05, 0.1) is 0 Å². The van der Waals surface area contributed by atoms with E-state index < -0.39 is 10.9 Å². The second-order valence-corrected chi connectivity index (χ2v) is 2.27. The summed E-state index contributed by atoms with van der Waals surface area (Å²) in [4.78, 5) is 0. The molecule has 0 saturated heterocycles. The molecule has 0 fully saturated rings. The van der Waals surface area contributed by atoms with Gasteiger partial charge in [-0.2, -0.15) is 0 Å². The minimum atomic E-state index is -1.97. The minimum absolute atomic E-state index is 0.454. The zero-order chi connectivity index (χ0) is 9.40. The summed E-state index contributed by atoms with van der Waals surface area (Å²) >= 11 is 0. The first-order chi connectivity index (χ1) is 5.79. The third-order valence-corrected chi connectivity index (χ3v) is 1.26. The normalized spacial score (nSPS) is 8.58. The van der Waals surface area contributed by atoms with Crippen molar-refractivity contribution in [2.75, 3.05) is 0 Å². The van der Waals surface area contributed by atoms with E-state index in [1.807, 2.05) is 19.9 Å². The first kappa shape index (κ1) is 11.0. The molecule has 0 radical (unpaired) electrons. The Morgan fingerprint density at radius 2 is 1.75 bits per heavy atom. The van der Waals surface area contributed by atoms with E-state index in [1.54, 1.807) is 24.3 Å². The first-order valence-electron chi connectivity index (χ1n) is 3.65. The summed E-state index contributed by atoms with van der Waals surface area (Å²) < 4.78 is 21.3. The van der Waals surface area contributed by atoms with Crippen LogP contribution >= 0.6 is 0 Å². The molecule has 1 N–H and O–H groups in total. The minimum Gasteiger partial charge on any atom is -0.546 e. The molecule has 0 bridgehead atoms. The van der Waals surface area contributed by atoms with Crippen molar-refractivity contribution in [2.45, 2.75) is 13.8 Å². The van der Waals surface area contributed by atoms with E-state index in [4.69, 9.17) is 4.78 Å². The van der Waals surface area contributed by atoms with Gasteiger partial charge in [-0.05, 0) is 23.0 Å². The molecule has 0 aliphatic carbocycles. The molecule has 1 aromatic rings. The van der Waals surface area contributed by atoms with E-state index in [2.05, 4.69) is 4.18 Å². The SMILES string of the molecule is CC.N=[S-](=O)Oc1ccccc1. The Balaban J connectivity index is 0.000000561. The first-order valence-corrected chi connectivity index (χ1v) is 4.73. The number of para-hydroxylation sites is 1. The molecule has 1 rings (SSSR count). The van der Waals surface area contributed by atoms with Crippen LogP contribution in [0.1, 0.15) is 13.8 Å². The maximum Gasteiger partial charge on any atom is 0.100 e. The summed E-state index contributed by atoms with van der Waals surface area (Å²) in [6, 6.07) is 8.61. The van der Waals surface area contributed by atoms with Crippen molar-refractivity contribution in [3.8, 4) is 5.75 Å². The average molecular weight is 186 g/mol. The van der Waals surface area contributed by atoms with Crippen LogP contribution < -0.4 is 4.18 Å². The average Bonchev–Trinajstić information content (AvgIpc) is 2.08. The molecule has 0 aromatic heterocycles. The van der Waals surface area contributed by atoms with E-state index in [0.717, 1.165) is 0 Å². The number of rotatable bonds is 2. The fourth-order valence-corrected chi connectivity index (χ4v) is 0.849. The van der Waals surface area contributed by atoms with Crippen LogP contribution in [0.2, 0.25) is 0 Å². The maximum absolute atomic E-state index is 10.2. The Labute approximate surface area is 74.6 Å². The zero-order valence-electron chi connectivity index (χ0n) is 7.11. The summed E-state index contributed by atoms with van der Waals surface area (Å²) in [5, 5.41) is 0. The zero-order valence-corrected chi connectivity index (χ0v) is 7.93. The number of hydrogen-bond donors (Lipinski definition) is 1. The van der Waals surface area contributed by atoms with Crippen molar-refractivity contribution >= 4 is 10.9 Å². The molecule has 0 amide bonds. The summed E-state index contributed by atoms with van der Waals surface area (Å²) in [5.41, 5.74) is 0. The van der Waals surface area contributed by atoms with E-state index in [-0.39, 0.29) is 0 Å². The van der Waals surface area contributed by atoms with Gasteiger partial charge in [0.2, 0.25) is 0 Å². The molecule has 68 valence electrons. The Morgan fingerprint density at radius 3 is 2.17 bits per heavy atom. The van der Waals surface area contributed by atoms with Gasteiger partial charge >= 0.3 is 0 Å². The van der Waals surface area contributed by atoms with E-state index in [9.17, 15) is 4.21 Å². The van der Waals surface area contributed by atoms with Crippen LogP contribution in [0.3, 0.4) is 0 Å². The van der Waals surface area contributed by atoms with Crippen molar-refractivity contribution in [1.82, 2.24) is 0 Å². The summed E-state index contributed by atoms with van der Waals surface area (Å²) in [7, 11) is -1.97. The Kier molecular flexibility index (Phi) is 6.09. The van der Waals surface area contributed by atoms with Gasteiger partial charge < -0.3 is 13.2 Å². The molecule has 1 aromatic carbocycles. The highest BCUT2D eigenvalue weighted by Gasteiger charge is 1.80. The topological polar surface area (TPSA) is 50.2 Å². The van der Waals surface area contributed by atoms with Crippen LogP contribution in [0.25, 0.3) is 0 Å². The van der Waals surface area contributed by atoms with Gasteiger partial charge in [0.15, 0.2) is 0 Å². The Bertz CT molecular complexity index is 262. The second kappa shape index (κ2) is 6.67. The number of hydrogen-bond acceptors (Lipinski definition) is 4. The third kappa shape index (κ3) is 4.73. The van der Waals surface area contributed by atoms with E-state index in [0.29, 0.717) is 5.75 Å². The molecule has 0 aliphatic rings. The van der Waals surface area contributed by atoms with Crippen LogP contribution in [-0.4, -0.2) is 0 Å². The lowest BCUT2D eigenvalue weighted by Crippen LogP contribution is -1.85. The fraction of sp³-hybridized carbons (Fsp3) is 0.250. The fourth-order valence-electron chi connectivity index (χ4n) is 0.563. The highest BCUT2D eigenvalue weighted by Crippen LogP contribution is 2.07. The molecule has 0 heterocycles. The van der Waals surface area contributed by atoms with Crippen molar-refractivity contribution < 1.29 is 8.39 Å². The molecule has 0 spiro atoms. The van der Waals surface area contributed by atoms with Crippen molar-refractivity contribution in [1.29, 1.82) is 4.78 Å². The Morgan fingerprint density at radius 1 is 1.25 bits per heavy atom. The number of benzene rings is 1. The standard InChI is InChI=1S/C6H6NO2S.C2H6/c7-10(8)9-6-4-2-1-3-5-6;1-2/h1-5,7H;1-2H3/q-1;.